The van der Waals surface area contributed by atoms with Crippen LogP contribution in [0.25, 0.3) is 181 Å². The van der Waals surface area contributed by atoms with Gasteiger partial charge >= 0.3 is 0 Å². The van der Waals surface area contributed by atoms with Gasteiger partial charge < -0.3 is 23.2 Å². The Morgan fingerprint density at radius 1 is 0.259 bits per heavy atom. The fourth-order valence-electron chi connectivity index (χ4n) is 18.6. The molecular formula is C102H60BN3O2. The topological polar surface area (TPSA) is 37.7 Å². The van der Waals surface area contributed by atoms with Crippen LogP contribution in [0.1, 0.15) is 11.0 Å². The highest BCUT2D eigenvalue weighted by atomic mass is 16.3. The van der Waals surface area contributed by atoms with E-state index in [4.69, 9.17) is 8.83 Å². The lowest BCUT2D eigenvalue weighted by atomic mass is 9.33. The first-order chi connectivity index (χ1) is 56.9. The van der Waals surface area contributed by atoms with E-state index in [0.717, 1.165) is 170 Å². The minimum atomic E-state index is -0.661. The van der Waals surface area contributed by atoms with Crippen molar-refractivity contribution in [3.8, 4) is 50.2 Å². The lowest BCUT2D eigenvalue weighted by Gasteiger charge is -2.45. The summed E-state index contributed by atoms with van der Waals surface area (Å²) in [6.07, 6.45) is 0. The molecule has 0 N–H and O–H groups in total. The molecule has 0 amide bonds. The van der Waals surface area contributed by atoms with Crippen LogP contribution in [0.3, 0.4) is 0 Å². The standard InChI is InChI=1S/C102H60BN3O2/c1-3-27-63(28-4-1)98-78-41-15-11-35-72(78)74-37-13-17-43-80(74)101(98)105-90-57-84-82-53-65(70-45-23-31-61-25-7-9-33-68(61)70)49-51-94(82)107-96(84)59-86(90)103-87-60-97-85(83-54-66(50-52-95(83)108-97)71-46-24-32-62-26-8-10-34-69(62)71)58-91(87)106(102-81-44-18-14-38-75(81)73-36-12-16-42-79(73)99(102)64-29-5-2-6-30-64)93-56-67(55-92(105)100(93)103)104-88-47-21-19-39-76(88)77-40-20-22-48-89(77)104/h1-60H/i19D,20D,21D,22D,39D,40D,47D,48D. The van der Waals surface area contributed by atoms with Crippen LogP contribution in [0.4, 0.5) is 34.1 Å². The lowest BCUT2D eigenvalue weighted by Crippen LogP contribution is -2.61. The normalized spacial score (nSPS) is 13.8. The van der Waals surface area contributed by atoms with E-state index in [2.05, 4.69) is 313 Å². The third-order valence-corrected chi connectivity index (χ3v) is 23.1. The Balaban J connectivity index is 0.929. The predicted molar refractivity (Wildman–Crippen MR) is 456 cm³/mol. The molecule has 0 fully saturated rings. The number of benzene rings is 19. The number of nitrogens with zero attached hydrogens (tertiary/aromatic N) is 3. The molecular weight excluding hydrogens is 1310 g/mol. The second kappa shape index (κ2) is 22.7. The number of fused-ring (bicyclic) bond motifs is 21. The maximum absolute atomic E-state index is 10.3. The number of aromatic nitrogens is 1. The zero-order valence-electron chi connectivity index (χ0n) is 65.8. The van der Waals surface area contributed by atoms with Gasteiger partial charge in [-0.1, -0.05) is 291 Å². The van der Waals surface area contributed by atoms with Crippen molar-refractivity contribution in [2.45, 2.75) is 0 Å². The van der Waals surface area contributed by atoms with Gasteiger partial charge in [0.25, 0.3) is 6.71 Å². The Morgan fingerprint density at radius 3 is 1.08 bits per heavy atom. The molecule has 5 nitrogen and oxygen atoms in total. The number of hydrogen-bond acceptors (Lipinski definition) is 4. The summed E-state index contributed by atoms with van der Waals surface area (Å²) in [5.41, 5.74) is 18.6. The van der Waals surface area contributed by atoms with Gasteiger partial charge in [0.05, 0.1) is 39.1 Å². The van der Waals surface area contributed by atoms with Crippen molar-refractivity contribution in [2.75, 3.05) is 9.80 Å². The Hall–Kier alpha value is -14.2. The summed E-state index contributed by atoms with van der Waals surface area (Å²) in [5, 5.41) is 16.0. The van der Waals surface area contributed by atoms with Crippen molar-refractivity contribution in [2.24, 2.45) is 0 Å². The van der Waals surface area contributed by atoms with Crippen LogP contribution in [0.5, 0.6) is 0 Å². The quantitative estimate of drug-likeness (QED) is 0.118. The molecule has 24 rings (SSSR count). The molecule has 22 aromatic rings. The van der Waals surface area contributed by atoms with Crippen molar-refractivity contribution in [3.05, 3.63) is 364 Å². The van der Waals surface area contributed by atoms with E-state index < -0.39 is 55.1 Å². The van der Waals surface area contributed by atoms with Crippen LogP contribution in [-0.2, 0) is 0 Å². The first-order valence-electron chi connectivity index (χ1n) is 40.7. The highest BCUT2D eigenvalue weighted by molar-refractivity contribution is 7.00. The zero-order valence-corrected chi connectivity index (χ0v) is 57.8. The monoisotopic (exact) mass is 1380 g/mol. The number of hydrogen-bond donors (Lipinski definition) is 0. The van der Waals surface area contributed by atoms with Gasteiger partial charge in [-0.05, 0) is 176 Å². The second-order valence-electron chi connectivity index (χ2n) is 28.6. The van der Waals surface area contributed by atoms with Crippen molar-refractivity contribution in [1.82, 2.24) is 4.57 Å². The van der Waals surface area contributed by atoms with Crippen LogP contribution in [0, 0.1) is 0 Å². The van der Waals surface area contributed by atoms with Crippen molar-refractivity contribution in [3.63, 3.8) is 0 Å². The van der Waals surface area contributed by atoms with Crippen molar-refractivity contribution < 1.29 is 19.8 Å². The Labute approximate surface area is 632 Å². The zero-order chi connectivity index (χ0) is 77.4. The first-order valence-corrected chi connectivity index (χ1v) is 36.7. The average Bonchev–Trinajstić information content (AvgIpc) is 1.08. The molecule has 5 heterocycles. The molecule has 0 atom stereocenters. The van der Waals surface area contributed by atoms with Crippen LogP contribution < -0.4 is 26.2 Å². The summed E-state index contributed by atoms with van der Waals surface area (Å²) in [6, 6.07) is 108. The first kappa shape index (κ1) is 51.9. The van der Waals surface area contributed by atoms with E-state index in [1.165, 1.54) is 0 Å². The van der Waals surface area contributed by atoms with E-state index in [0.29, 0.717) is 39.4 Å². The summed E-state index contributed by atoms with van der Waals surface area (Å²) >= 11 is 0. The summed E-state index contributed by atoms with van der Waals surface area (Å²) in [7, 11) is 0. The maximum atomic E-state index is 10.3. The van der Waals surface area contributed by atoms with Crippen molar-refractivity contribution in [1.29, 1.82) is 0 Å². The van der Waals surface area contributed by atoms with Gasteiger partial charge in [0.15, 0.2) is 0 Å². The molecule has 0 spiro atoms. The smallest absolute Gasteiger partial charge is 0.252 e. The van der Waals surface area contributed by atoms with Crippen LogP contribution >= 0.6 is 0 Å². The molecule has 0 aliphatic carbocycles. The number of furan rings is 2. The van der Waals surface area contributed by atoms with E-state index >= 15 is 0 Å². The molecule has 2 aliphatic heterocycles. The Kier molecular flexibility index (Phi) is 10.9. The van der Waals surface area contributed by atoms with Gasteiger partial charge in [-0.3, -0.25) is 0 Å². The van der Waals surface area contributed by atoms with Crippen LogP contribution in [-0.4, -0.2) is 11.3 Å². The third kappa shape index (κ3) is 8.42. The SMILES string of the molecule is [2H]c1c([2H])c([2H])c2c(c1[2H])c1c([2H])c([2H])c([2H])c([2H])c1n2-c1cc2c3c(c1)N(c1c(-c4ccccc4)c4ccccc4c4ccccc14)c1cc4c(cc1B3c1cc3oc5ccc(-c6cccc7ccccc67)cc5c3cc1N2c1c(-c2ccccc2)c2ccccc2c2ccccc12)oc1ccc(-c2cccc3ccccc23)cc14. The molecule has 19 aromatic carbocycles. The molecule has 6 heteroatoms. The van der Waals surface area contributed by atoms with Gasteiger partial charge in [0.2, 0.25) is 0 Å². The van der Waals surface area contributed by atoms with E-state index in [1.807, 2.05) is 12.1 Å². The fraction of sp³-hybridized carbons (Fsp3) is 0. The summed E-state index contributed by atoms with van der Waals surface area (Å²) in [4.78, 5) is 4.87. The van der Waals surface area contributed by atoms with Crippen LogP contribution in [0.2, 0.25) is 0 Å². The number of anilines is 6. The average molecular weight is 1380 g/mol. The van der Waals surface area contributed by atoms with E-state index in [1.54, 1.807) is 4.57 Å². The summed E-state index contributed by atoms with van der Waals surface area (Å²) in [6.45, 7) is -0.661. The van der Waals surface area contributed by atoms with Crippen molar-refractivity contribution >= 4 is 188 Å². The number of rotatable bonds is 7. The number of para-hydroxylation sites is 2. The largest absolute Gasteiger partial charge is 0.456 e. The van der Waals surface area contributed by atoms with Gasteiger partial charge in [-0.2, -0.15) is 0 Å². The molecule has 0 saturated heterocycles. The fourth-order valence-corrected chi connectivity index (χ4v) is 18.6. The Bertz CT molecular complexity index is 7700. The lowest BCUT2D eigenvalue weighted by molar-refractivity contribution is 0.669. The van der Waals surface area contributed by atoms with E-state index in [9.17, 15) is 11.0 Å². The molecule has 0 saturated carbocycles. The summed E-state index contributed by atoms with van der Waals surface area (Å²) in [5.74, 6) is 0. The molecule has 108 heavy (non-hydrogen) atoms. The molecule has 2 aliphatic rings. The molecule has 0 unspecified atom stereocenters. The van der Waals surface area contributed by atoms with Gasteiger partial charge in [0, 0.05) is 77.0 Å². The highest BCUT2D eigenvalue weighted by Gasteiger charge is 2.47. The molecule has 0 bridgehead atoms. The predicted octanol–water partition coefficient (Wildman–Crippen LogP) is 26.3. The van der Waals surface area contributed by atoms with E-state index in [-0.39, 0.29) is 21.8 Å². The maximum Gasteiger partial charge on any atom is 0.252 e. The minimum absolute atomic E-state index is 0.00312. The molecule has 498 valence electrons. The summed E-state index contributed by atoms with van der Waals surface area (Å²) < 4.78 is 94.7. The third-order valence-electron chi connectivity index (χ3n) is 23.1. The minimum Gasteiger partial charge on any atom is -0.456 e. The Morgan fingerprint density at radius 2 is 0.630 bits per heavy atom. The van der Waals surface area contributed by atoms with Gasteiger partial charge in [-0.15, -0.1) is 0 Å². The van der Waals surface area contributed by atoms with Gasteiger partial charge in [-0.25, -0.2) is 0 Å². The molecule has 3 aromatic heterocycles. The van der Waals surface area contributed by atoms with Crippen LogP contribution in [0.15, 0.2) is 373 Å². The second-order valence-corrected chi connectivity index (χ2v) is 28.6. The molecule has 0 radical (unpaired) electrons. The van der Waals surface area contributed by atoms with Gasteiger partial charge in [0.1, 0.15) is 22.3 Å². The highest BCUT2D eigenvalue weighted by Crippen LogP contribution is 2.57.